The number of hydrogen-bond donors (Lipinski definition) is 2. The molecule has 152 valence electrons. The zero-order chi connectivity index (χ0) is 21.9. The summed E-state index contributed by atoms with van der Waals surface area (Å²) >= 11 is 0. The van der Waals surface area contributed by atoms with Gasteiger partial charge in [0, 0.05) is 5.70 Å². The van der Waals surface area contributed by atoms with Crippen LogP contribution >= 0.6 is 0 Å². The van der Waals surface area contributed by atoms with Crippen LogP contribution in [0.4, 0.5) is 30.7 Å². The van der Waals surface area contributed by atoms with E-state index in [-0.39, 0.29) is 17.8 Å². The number of carbonyl (C=O) groups is 2. The molecule has 0 aliphatic carbocycles. The number of primary amides is 1. The molecule has 0 heterocycles. The second kappa shape index (κ2) is 8.23. The average molecular weight is 411 g/mol. The molecule has 0 saturated carbocycles. The highest BCUT2D eigenvalue weighted by molar-refractivity contribution is 5.98. The summed E-state index contributed by atoms with van der Waals surface area (Å²) in [5.41, 5.74) is -1.52. The van der Waals surface area contributed by atoms with Crippen molar-refractivity contribution in [2.45, 2.75) is 19.3 Å². The molecule has 0 aromatic heterocycles. The molecule has 5 nitrogen and oxygen atoms in total. The van der Waals surface area contributed by atoms with Crippen molar-refractivity contribution >= 4 is 18.5 Å². The fourth-order valence-corrected chi connectivity index (χ4v) is 1.95. The van der Waals surface area contributed by atoms with Gasteiger partial charge in [-0.1, -0.05) is 6.08 Å². The molecular weight excluding hydrogens is 399 g/mol. The van der Waals surface area contributed by atoms with Crippen LogP contribution in [0.3, 0.4) is 0 Å². The molecule has 0 fully saturated rings. The first-order valence-corrected chi connectivity index (χ1v) is 7.16. The molecular formula is C16H12F7N3O2. The van der Waals surface area contributed by atoms with Crippen molar-refractivity contribution < 1.29 is 40.3 Å². The van der Waals surface area contributed by atoms with Crippen LogP contribution in [0.15, 0.2) is 40.7 Å². The van der Waals surface area contributed by atoms with Crippen molar-refractivity contribution in [3.05, 3.63) is 58.2 Å². The highest BCUT2D eigenvalue weighted by Crippen LogP contribution is 2.38. The number of allylic oxidation sites excluding steroid dienone is 2. The lowest BCUT2D eigenvalue weighted by atomic mass is 10.0. The number of hydrogen-bond acceptors (Lipinski definition) is 3. The predicted molar refractivity (Wildman–Crippen MR) is 84.5 cm³/mol. The van der Waals surface area contributed by atoms with Gasteiger partial charge in [0.05, 0.1) is 16.7 Å². The summed E-state index contributed by atoms with van der Waals surface area (Å²) in [7, 11) is 0. The van der Waals surface area contributed by atoms with Gasteiger partial charge < -0.3 is 11.1 Å². The van der Waals surface area contributed by atoms with Gasteiger partial charge in [-0.15, -0.1) is 0 Å². The zero-order valence-corrected chi connectivity index (χ0v) is 14.0. The topological polar surface area (TPSA) is 84.6 Å². The summed E-state index contributed by atoms with van der Waals surface area (Å²) in [6, 6.07) is -0.598. The van der Waals surface area contributed by atoms with Gasteiger partial charge in [-0.3, -0.25) is 14.6 Å². The Hall–Kier alpha value is -3.18. The van der Waals surface area contributed by atoms with E-state index in [2.05, 4.69) is 11.7 Å². The quantitative estimate of drug-likeness (QED) is 0.336. The summed E-state index contributed by atoms with van der Waals surface area (Å²) in [5.74, 6) is -4.81. The van der Waals surface area contributed by atoms with E-state index < -0.39 is 52.4 Å². The summed E-state index contributed by atoms with van der Waals surface area (Å²) < 4.78 is 91.4. The fraction of sp³-hybridized carbons (Fsp3) is 0.188. The van der Waals surface area contributed by atoms with E-state index >= 15 is 0 Å². The number of aliphatic imine (C=N–C) groups is 1. The number of benzene rings is 1. The third-order valence-corrected chi connectivity index (χ3v) is 3.23. The first kappa shape index (κ1) is 22.9. The van der Waals surface area contributed by atoms with Crippen LogP contribution in [0.5, 0.6) is 0 Å². The molecule has 0 unspecified atom stereocenters. The Balaban J connectivity index is 3.49. The Labute approximate surface area is 153 Å². The van der Waals surface area contributed by atoms with Gasteiger partial charge in [0.15, 0.2) is 0 Å². The van der Waals surface area contributed by atoms with Crippen LogP contribution in [0.25, 0.3) is 0 Å². The number of carbonyl (C=O) groups excluding carboxylic acids is 2. The maximum absolute atomic E-state index is 14.0. The second-order valence-electron chi connectivity index (χ2n) is 5.13. The van der Waals surface area contributed by atoms with E-state index in [1.165, 1.54) is 6.92 Å². The molecule has 3 N–H and O–H groups in total. The summed E-state index contributed by atoms with van der Waals surface area (Å²) in [5, 5.41) is 1.84. The first-order chi connectivity index (χ1) is 12.7. The number of alkyl halides is 6. The van der Waals surface area contributed by atoms with E-state index in [1.54, 1.807) is 0 Å². The summed E-state index contributed by atoms with van der Waals surface area (Å²) in [6.07, 6.45) is -8.79. The standard InChI is InChI=1S/C16H12F7N3O2/c1-3-8(6-11(25-2)13(24)27)26-14(28)12-9(16(21,22)23)4-7(5-10(12)17)15(18,19)20/h3-6H,2H2,1H3,(H2,24,27)(H,26,28)/b8-3+,11-6-. The maximum Gasteiger partial charge on any atom is 0.417 e. The predicted octanol–water partition coefficient (Wildman–Crippen LogP) is 3.57. The van der Waals surface area contributed by atoms with E-state index in [0.717, 1.165) is 12.2 Å². The minimum absolute atomic E-state index is 0.227. The fourth-order valence-electron chi connectivity index (χ4n) is 1.95. The lowest BCUT2D eigenvalue weighted by Gasteiger charge is -2.17. The Morgan fingerprint density at radius 1 is 1.14 bits per heavy atom. The number of nitrogens with zero attached hydrogens (tertiary/aromatic N) is 1. The zero-order valence-electron chi connectivity index (χ0n) is 14.0. The van der Waals surface area contributed by atoms with Crippen LogP contribution in [-0.2, 0) is 17.1 Å². The van der Waals surface area contributed by atoms with Crippen molar-refractivity contribution in [3.8, 4) is 0 Å². The lowest BCUT2D eigenvalue weighted by Crippen LogP contribution is -2.28. The lowest BCUT2D eigenvalue weighted by molar-refractivity contribution is -0.143. The van der Waals surface area contributed by atoms with Crippen molar-refractivity contribution in [2.75, 3.05) is 0 Å². The molecule has 0 saturated heterocycles. The molecule has 0 aliphatic rings. The van der Waals surface area contributed by atoms with E-state index in [1.807, 2.05) is 5.32 Å². The number of nitrogens with two attached hydrogens (primary N) is 1. The third kappa shape index (κ3) is 5.41. The molecule has 0 spiro atoms. The first-order valence-electron chi connectivity index (χ1n) is 7.16. The van der Waals surface area contributed by atoms with Gasteiger partial charge in [0.1, 0.15) is 11.5 Å². The number of halogens is 7. The third-order valence-electron chi connectivity index (χ3n) is 3.23. The molecule has 0 radical (unpaired) electrons. The number of rotatable bonds is 5. The minimum Gasteiger partial charge on any atom is -0.364 e. The van der Waals surface area contributed by atoms with Gasteiger partial charge in [-0.05, 0) is 31.9 Å². The van der Waals surface area contributed by atoms with Crippen molar-refractivity contribution in [2.24, 2.45) is 10.7 Å². The molecule has 1 aromatic rings. The highest BCUT2D eigenvalue weighted by atomic mass is 19.4. The van der Waals surface area contributed by atoms with Gasteiger partial charge in [-0.2, -0.15) is 26.3 Å². The Morgan fingerprint density at radius 3 is 2.11 bits per heavy atom. The highest BCUT2D eigenvalue weighted by Gasteiger charge is 2.41. The average Bonchev–Trinajstić information content (AvgIpc) is 2.55. The molecule has 0 aliphatic heterocycles. The van der Waals surface area contributed by atoms with Crippen LogP contribution in [0.1, 0.15) is 28.4 Å². The minimum atomic E-state index is -5.46. The van der Waals surface area contributed by atoms with Crippen LogP contribution in [-0.4, -0.2) is 18.5 Å². The van der Waals surface area contributed by atoms with Crippen molar-refractivity contribution in [3.63, 3.8) is 0 Å². The smallest absolute Gasteiger partial charge is 0.364 e. The summed E-state index contributed by atoms with van der Waals surface area (Å²) in [4.78, 5) is 26.4. The number of amides is 2. The van der Waals surface area contributed by atoms with Crippen LogP contribution in [0, 0.1) is 5.82 Å². The molecule has 2 amide bonds. The Morgan fingerprint density at radius 2 is 1.71 bits per heavy atom. The van der Waals surface area contributed by atoms with Crippen LogP contribution < -0.4 is 11.1 Å². The maximum atomic E-state index is 14.0. The second-order valence-corrected chi connectivity index (χ2v) is 5.13. The molecule has 28 heavy (non-hydrogen) atoms. The van der Waals surface area contributed by atoms with Gasteiger partial charge >= 0.3 is 12.4 Å². The molecule has 1 aromatic carbocycles. The molecule has 12 heteroatoms. The van der Waals surface area contributed by atoms with Gasteiger partial charge in [-0.25, -0.2) is 4.39 Å². The molecule has 1 rings (SSSR count). The van der Waals surface area contributed by atoms with E-state index in [0.29, 0.717) is 0 Å². The SMILES string of the molecule is C=N/C(=C\C(=C/C)NC(=O)c1c(F)cc(C(F)(F)F)cc1C(F)(F)F)C(N)=O. The van der Waals surface area contributed by atoms with Crippen molar-refractivity contribution in [1.82, 2.24) is 5.32 Å². The van der Waals surface area contributed by atoms with E-state index in [4.69, 9.17) is 5.73 Å². The monoisotopic (exact) mass is 411 g/mol. The van der Waals surface area contributed by atoms with Crippen molar-refractivity contribution in [1.29, 1.82) is 0 Å². The largest absolute Gasteiger partial charge is 0.417 e. The Kier molecular flexibility index (Phi) is 6.72. The van der Waals surface area contributed by atoms with Crippen LogP contribution in [0.2, 0.25) is 0 Å². The summed E-state index contributed by atoms with van der Waals surface area (Å²) in [6.45, 7) is 4.32. The van der Waals surface area contributed by atoms with E-state index in [9.17, 15) is 40.3 Å². The normalized spacial score (nSPS) is 13.3. The van der Waals surface area contributed by atoms with Gasteiger partial charge in [0.2, 0.25) is 0 Å². The van der Waals surface area contributed by atoms with Gasteiger partial charge in [0.25, 0.3) is 11.8 Å². The molecule has 0 bridgehead atoms. The number of nitrogens with one attached hydrogen (secondary N) is 1. The molecule has 0 atom stereocenters. The Bertz CT molecular complexity index is 868.